The molecule has 7 aromatic rings. The maximum absolute atomic E-state index is 15.7. The number of guanidine groups is 1. The summed E-state index contributed by atoms with van der Waals surface area (Å²) in [5, 5.41) is 59.7. The first-order chi connectivity index (χ1) is 65.0. The molecule has 43 nitrogen and oxygen atoms in total. The number of carbonyl (C=O) groups excluding carboxylic acids is 17. The lowest BCUT2D eigenvalue weighted by Gasteiger charge is -2.36. The number of carbonyl (C=O) groups is 17. The number of thioether (sulfide) groups is 1. The van der Waals surface area contributed by atoms with Gasteiger partial charge in [0.25, 0.3) is 0 Å². The Morgan fingerprint density at radius 1 is 0.507 bits per heavy atom. The average Bonchev–Trinajstić information content (AvgIpc) is 1.64. The van der Waals surface area contributed by atoms with Gasteiger partial charge >= 0.3 is 0 Å². The number of aliphatic hydroxyl groups excluding tert-OH is 1. The number of H-pyrrole nitrogens is 3. The van der Waals surface area contributed by atoms with E-state index in [0.717, 1.165) is 36.3 Å². The Morgan fingerprint density at radius 2 is 1.03 bits per heavy atom. The maximum Gasteiger partial charge on any atom is 0.246 e. The molecule has 732 valence electrons. The molecule has 0 aliphatic carbocycles. The standard InChI is InChI=1S/C92H124N24O19S/c1-8-10-28-72-85(129)105-63(27-19-35-98-92(95)96)81(125)111-71(80(124)101-46-76(94)120)49-136-50-78(122)104-67(37-53-21-13-12-14-22-53)88(132)113(5)52(3)79(123)107-69(42-75(93)119)90(134)116-36-20-30-73(116)86(130)106-65(41-57-45-97-51-102-57)83(127)108-66(38-54-31-33-58(118)34-32-54)87(131)112(4)47-77(121)103-64(39-55-43-99-61-25-17-15-23-59(55)61)82(126)110-70(48-117)84(128)109-68(40-56-44-100-62-26-18-16-24-60(56)62)89(133)115(7)74(29-11-9-2)91(135)114(72)6/h12-18,21-26,31-34,43-45,51-52,63-74,99-100,117-118H,8-11,19-20,27-30,35-42,46-50H2,1-7H3,(H2,93,119)(H2,94,120)(H,97,102)(H,101,124)(H,103,121)(H,104,122)(H,105,129)(H,106,130)(H,107,123)(H,108,127)(H,109,128)(H,110,126)(H,111,125)(H4,95,96,98)/t52-,63?,64-,65-,66-,67-,68-,69-,70-,71-,72-,73-,74-/m0/s1. The Bertz CT molecular complexity index is 5390. The summed E-state index contributed by atoms with van der Waals surface area (Å²) in [6.07, 6.45) is 5.38. The molecule has 2 aliphatic rings. The van der Waals surface area contributed by atoms with E-state index in [2.05, 4.69) is 78.4 Å². The third-order valence-electron chi connectivity index (χ3n) is 23.8. The average molecular weight is 1900 g/mol. The fourth-order valence-corrected chi connectivity index (χ4v) is 17.0. The predicted molar refractivity (Wildman–Crippen MR) is 502 cm³/mol. The molecule has 3 aromatic heterocycles. The van der Waals surface area contributed by atoms with Gasteiger partial charge in [0, 0.05) is 125 Å². The number of aliphatic hydroxyl groups is 1. The van der Waals surface area contributed by atoms with E-state index in [4.69, 9.17) is 22.6 Å². The van der Waals surface area contributed by atoms with Crippen LogP contribution in [0.4, 0.5) is 0 Å². The van der Waals surface area contributed by atoms with Crippen molar-refractivity contribution in [3.8, 4) is 5.75 Å². The Morgan fingerprint density at radius 3 is 1.62 bits per heavy atom. The van der Waals surface area contributed by atoms with Crippen LogP contribution in [0.5, 0.6) is 5.75 Å². The fourth-order valence-electron chi connectivity index (χ4n) is 16.2. The number of amides is 17. The van der Waals surface area contributed by atoms with Crippen molar-refractivity contribution in [2.24, 2.45) is 17.2 Å². The normalized spacial score (nSPS) is 23.1. The van der Waals surface area contributed by atoms with Crippen molar-refractivity contribution in [1.29, 1.82) is 5.41 Å². The minimum Gasteiger partial charge on any atom is -0.508 e. The lowest BCUT2D eigenvalue weighted by atomic mass is 10.00. The second-order valence-electron chi connectivity index (χ2n) is 33.9. The van der Waals surface area contributed by atoms with Crippen LogP contribution < -0.4 is 75.7 Å². The molecule has 0 spiro atoms. The van der Waals surface area contributed by atoms with Crippen LogP contribution in [0.25, 0.3) is 21.8 Å². The molecule has 0 bridgehead atoms. The van der Waals surface area contributed by atoms with Gasteiger partial charge in [0.05, 0.1) is 38.2 Å². The number of nitrogens with one attached hydrogen (secondary N) is 15. The number of nitrogens with two attached hydrogens (primary N) is 3. The van der Waals surface area contributed by atoms with Crippen molar-refractivity contribution in [3.05, 3.63) is 156 Å². The summed E-state index contributed by atoms with van der Waals surface area (Å²) < 4.78 is 0. The van der Waals surface area contributed by atoms with Crippen LogP contribution in [0, 0.1) is 5.41 Å². The van der Waals surface area contributed by atoms with Crippen LogP contribution in [0.3, 0.4) is 0 Å². The molecule has 1 unspecified atom stereocenters. The topological polar surface area (TPSA) is 641 Å². The van der Waals surface area contributed by atoms with E-state index in [9.17, 15) is 58.2 Å². The summed E-state index contributed by atoms with van der Waals surface area (Å²) in [4.78, 5) is 268. The molecule has 4 aromatic carbocycles. The van der Waals surface area contributed by atoms with Crippen LogP contribution in [-0.4, -0.2) is 312 Å². The van der Waals surface area contributed by atoms with Gasteiger partial charge in [0.1, 0.15) is 84.3 Å². The molecule has 0 radical (unpaired) electrons. The number of fused-ring (bicyclic) bond motifs is 3. The summed E-state index contributed by atoms with van der Waals surface area (Å²) in [5.41, 5.74) is 20.3. The molecule has 2 saturated heterocycles. The van der Waals surface area contributed by atoms with Crippen molar-refractivity contribution in [1.82, 2.24) is 103 Å². The number of benzene rings is 4. The van der Waals surface area contributed by atoms with Crippen molar-refractivity contribution in [2.45, 2.75) is 202 Å². The number of nitrogens with zero attached hydrogens (tertiary/aromatic N) is 6. The number of imidazole rings is 1. The summed E-state index contributed by atoms with van der Waals surface area (Å²) in [6, 6.07) is 7.89. The number of unbranched alkanes of at least 4 members (excludes halogenated alkanes) is 2. The molecule has 0 saturated carbocycles. The molecule has 5 heterocycles. The third-order valence-corrected chi connectivity index (χ3v) is 24.8. The highest BCUT2D eigenvalue weighted by atomic mass is 32.2. The van der Waals surface area contributed by atoms with Crippen molar-refractivity contribution in [2.75, 3.05) is 72.5 Å². The minimum absolute atomic E-state index is 0.00507. The molecule has 2 aliphatic heterocycles. The highest BCUT2D eigenvalue weighted by Crippen LogP contribution is 2.27. The number of hydrogen-bond donors (Lipinski definition) is 20. The summed E-state index contributed by atoms with van der Waals surface area (Å²) in [7, 11) is 5.18. The van der Waals surface area contributed by atoms with Crippen LogP contribution in [0.15, 0.2) is 128 Å². The molecule has 2 fully saturated rings. The highest BCUT2D eigenvalue weighted by molar-refractivity contribution is 8.00. The number of primary amides is 2. The van der Waals surface area contributed by atoms with Gasteiger partial charge in [-0.15, -0.1) is 11.8 Å². The van der Waals surface area contributed by atoms with Gasteiger partial charge < -0.3 is 125 Å². The minimum atomic E-state index is -1.88. The van der Waals surface area contributed by atoms with Crippen molar-refractivity contribution < 1.29 is 91.7 Å². The second kappa shape index (κ2) is 51.1. The number of para-hydroxylation sites is 2. The first-order valence-corrected chi connectivity index (χ1v) is 46.2. The van der Waals surface area contributed by atoms with Crippen LogP contribution >= 0.6 is 11.8 Å². The SMILES string of the molecule is CCCC[C@H]1C(=O)N(C)[C@@H](CCCC)C(=O)NC(CCCNC(=N)N)C(=O)N[C@H](C(=O)NCC(N)=O)CSCC(=O)N[C@@H](Cc2ccccc2)C(=O)N(C)[C@@H](C)C(=O)N[C@@H](CC(N)=O)C(=O)N2CCC[C@H]2C(=O)N[C@@H](Cc2cnc[nH]2)C(=O)N[C@@H](Cc2ccc(O)cc2)C(=O)N(C)CC(=O)N[C@@H](Cc2c[nH]c3ccccc23)C(=O)N[C@@H](CO)C(=O)N[C@@H](Cc2c[nH]c3ccccc23)C(=O)N1C. The lowest BCUT2D eigenvalue weighted by molar-refractivity contribution is -0.149. The van der Waals surface area contributed by atoms with E-state index in [1.165, 1.54) is 71.9 Å². The summed E-state index contributed by atoms with van der Waals surface area (Å²) in [5.74, 6) is -17.5. The Balaban J connectivity index is 1.10. The zero-order chi connectivity index (χ0) is 99.0. The van der Waals surface area contributed by atoms with E-state index in [-0.39, 0.29) is 89.5 Å². The zero-order valence-electron chi connectivity index (χ0n) is 77.1. The quantitative estimate of drug-likeness (QED) is 0.0155. The number of aromatic hydroxyl groups is 1. The molecule has 44 heteroatoms. The number of hydrogen-bond acceptors (Lipinski definition) is 22. The molecule has 136 heavy (non-hydrogen) atoms. The molecular formula is C92H124N24O19S. The van der Waals surface area contributed by atoms with E-state index in [1.807, 2.05) is 13.8 Å². The number of aromatic nitrogens is 4. The molecule has 23 N–H and O–H groups in total. The lowest BCUT2D eigenvalue weighted by Crippen LogP contribution is -2.61. The van der Waals surface area contributed by atoms with Crippen LogP contribution in [0.2, 0.25) is 0 Å². The van der Waals surface area contributed by atoms with Gasteiger partial charge in [0.15, 0.2) is 5.96 Å². The molecule has 13 atom stereocenters. The van der Waals surface area contributed by atoms with E-state index in [1.54, 1.807) is 91.3 Å². The monoisotopic (exact) mass is 1900 g/mol. The van der Waals surface area contributed by atoms with Crippen LogP contribution in [-0.2, 0) is 114 Å². The van der Waals surface area contributed by atoms with Gasteiger partial charge in [-0.1, -0.05) is 118 Å². The van der Waals surface area contributed by atoms with E-state index >= 15 is 33.6 Å². The van der Waals surface area contributed by atoms with Crippen molar-refractivity contribution in [3.63, 3.8) is 0 Å². The number of phenolic OH excluding ortho intramolecular Hbond substituents is 1. The smallest absolute Gasteiger partial charge is 0.246 e. The van der Waals surface area contributed by atoms with Gasteiger partial charge in [-0.3, -0.25) is 86.9 Å². The molecular weight excluding hydrogens is 1780 g/mol. The van der Waals surface area contributed by atoms with Gasteiger partial charge in [-0.05, 0) is 92.0 Å². The van der Waals surface area contributed by atoms with E-state index < -0.39 is 223 Å². The highest BCUT2D eigenvalue weighted by Gasteiger charge is 2.44. The number of rotatable bonds is 26. The van der Waals surface area contributed by atoms with Gasteiger partial charge in [-0.25, -0.2) is 4.98 Å². The van der Waals surface area contributed by atoms with E-state index in [0.29, 0.717) is 75.4 Å². The molecule has 9 rings (SSSR count). The van der Waals surface area contributed by atoms with Crippen molar-refractivity contribution >= 4 is 140 Å². The zero-order valence-corrected chi connectivity index (χ0v) is 77.9. The van der Waals surface area contributed by atoms with Gasteiger partial charge in [0.2, 0.25) is 100 Å². The third kappa shape index (κ3) is 30.0. The van der Waals surface area contributed by atoms with Gasteiger partial charge in [-0.2, -0.15) is 0 Å². The Labute approximate surface area is 789 Å². The Kier molecular flexibility index (Phi) is 39.6. The maximum atomic E-state index is 15.7. The second-order valence-corrected chi connectivity index (χ2v) is 34.9. The first-order valence-electron chi connectivity index (χ1n) is 45.0. The largest absolute Gasteiger partial charge is 0.508 e. The number of aromatic amines is 3. The van der Waals surface area contributed by atoms with Crippen LogP contribution in [0.1, 0.15) is 119 Å². The molecule has 17 amide bonds. The first kappa shape index (κ1) is 105. The summed E-state index contributed by atoms with van der Waals surface area (Å²) in [6.45, 7) is 2.23. The predicted octanol–water partition coefficient (Wildman–Crippen LogP) is -2.24. The fraction of sp³-hybridized carbons (Fsp3) is 0.467. The summed E-state index contributed by atoms with van der Waals surface area (Å²) >= 11 is 0.788. The Hall–Kier alpha value is -14.5. The number of phenols is 1. The number of likely N-dealkylation sites (N-methyl/N-ethyl adjacent to an activating group) is 4.